The summed E-state index contributed by atoms with van der Waals surface area (Å²) in [4.78, 5) is 20.4. The maximum Gasteiger partial charge on any atom is 0.273 e. The predicted molar refractivity (Wildman–Crippen MR) is 77.7 cm³/mol. The second-order valence-electron chi connectivity index (χ2n) is 5.33. The van der Waals surface area contributed by atoms with E-state index >= 15 is 0 Å². The van der Waals surface area contributed by atoms with Crippen LogP contribution >= 0.6 is 0 Å². The smallest absolute Gasteiger partial charge is 0.273 e. The van der Waals surface area contributed by atoms with Crippen LogP contribution in [0.2, 0.25) is 0 Å². The van der Waals surface area contributed by atoms with Gasteiger partial charge in [-0.3, -0.25) is 9.78 Å². The van der Waals surface area contributed by atoms with Crippen LogP contribution < -0.4 is 10.6 Å². The molecule has 6 nitrogen and oxygen atoms in total. The van der Waals surface area contributed by atoms with Crippen LogP contribution in [-0.4, -0.2) is 34.5 Å². The minimum Gasteiger partial charge on any atom is -0.444 e. The number of piperidine rings is 1. The van der Waals surface area contributed by atoms with Crippen molar-refractivity contribution in [2.24, 2.45) is 0 Å². The van der Waals surface area contributed by atoms with Crippen LogP contribution in [0.4, 0.5) is 0 Å². The van der Waals surface area contributed by atoms with Gasteiger partial charge in [0, 0.05) is 24.5 Å². The first-order chi connectivity index (χ1) is 10.2. The number of carbonyl (C=O) groups excluding carboxylic acids is 1. The van der Waals surface area contributed by atoms with Crippen molar-refractivity contribution in [3.8, 4) is 11.5 Å². The lowest BCUT2D eigenvalue weighted by atomic mass is 10.0. The summed E-state index contributed by atoms with van der Waals surface area (Å²) in [5.41, 5.74) is 1.06. The molecule has 0 aliphatic carbocycles. The number of hydrogen-bond donors (Lipinski definition) is 2. The van der Waals surface area contributed by atoms with Crippen molar-refractivity contribution in [2.75, 3.05) is 6.54 Å². The molecular formula is C15H18N4O2. The van der Waals surface area contributed by atoms with Crippen molar-refractivity contribution in [3.63, 3.8) is 0 Å². The SMILES string of the molecule is CC1CC(NC(=O)c2coc(-c3cccnc3)n2)CCN1. The van der Waals surface area contributed by atoms with Gasteiger partial charge < -0.3 is 15.1 Å². The lowest BCUT2D eigenvalue weighted by Gasteiger charge is -2.28. The van der Waals surface area contributed by atoms with Gasteiger partial charge in [0.1, 0.15) is 6.26 Å². The lowest BCUT2D eigenvalue weighted by molar-refractivity contribution is 0.0920. The van der Waals surface area contributed by atoms with E-state index in [1.807, 2.05) is 6.07 Å². The summed E-state index contributed by atoms with van der Waals surface area (Å²) in [7, 11) is 0. The molecule has 2 aromatic heterocycles. The zero-order valence-electron chi connectivity index (χ0n) is 11.9. The van der Waals surface area contributed by atoms with Gasteiger partial charge in [-0.25, -0.2) is 4.98 Å². The number of nitrogens with zero attached hydrogens (tertiary/aromatic N) is 2. The van der Waals surface area contributed by atoms with Crippen LogP contribution in [0.3, 0.4) is 0 Å². The highest BCUT2D eigenvalue weighted by Gasteiger charge is 2.22. The molecule has 0 aromatic carbocycles. The molecular weight excluding hydrogens is 268 g/mol. The van der Waals surface area contributed by atoms with Crippen molar-refractivity contribution in [2.45, 2.75) is 31.8 Å². The second-order valence-corrected chi connectivity index (χ2v) is 5.33. The number of amides is 1. The van der Waals surface area contributed by atoms with Gasteiger partial charge in [-0.2, -0.15) is 0 Å². The van der Waals surface area contributed by atoms with Crippen molar-refractivity contribution >= 4 is 5.91 Å². The second kappa shape index (κ2) is 6.05. The third-order valence-electron chi connectivity index (χ3n) is 3.60. The molecule has 2 N–H and O–H groups in total. The Labute approximate surface area is 123 Å². The monoisotopic (exact) mass is 286 g/mol. The molecule has 0 spiro atoms. The maximum atomic E-state index is 12.2. The number of oxazole rings is 1. The van der Waals surface area contributed by atoms with E-state index < -0.39 is 0 Å². The maximum absolute atomic E-state index is 12.2. The summed E-state index contributed by atoms with van der Waals surface area (Å²) in [5.74, 6) is 0.222. The summed E-state index contributed by atoms with van der Waals surface area (Å²) in [6.45, 7) is 3.04. The van der Waals surface area contributed by atoms with Crippen LogP contribution in [0.1, 0.15) is 30.3 Å². The number of aromatic nitrogens is 2. The van der Waals surface area contributed by atoms with E-state index in [2.05, 4.69) is 27.5 Å². The molecule has 1 amide bonds. The first-order valence-electron chi connectivity index (χ1n) is 7.12. The molecule has 2 unspecified atom stereocenters. The molecule has 2 aromatic rings. The summed E-state index contributed by atoms with van der Waals surface area (Å²) in [6, 6.07) is 4.25. The topological polar surface area (TPSA) is 80.1 Å². The molecule has 1 aliphatic heterocycles. The minimum absolute atomic E-state index is 0.187. The van der Waals surface area contributed by atoms with Gasteiger partial charge in [-0.05, 0) is 38.4 Å². The minimum atomic E-state index is -0.187. The Balaban J connectivity index is 1.67. The average molecular weight is 286 g/mol. The zero-order chi connectivity index (χ0) is 14.7. The molecule has 1 saturated heterocycles. The molecule has 21 heavy (non-hydrogen) atoms. The molecule has 3 rings (SSSR count). The molecule has 0 bridgehead atoms. The van der Waals surface area contributed by atoms with Gasteiger partial charge in [0.25, 0.3) is 5.91 Å². The molecule has 2 atom stereocenters. The van der Waals surface area contributed by atoms with E-state index in [9.17, 15) is 4.79 Å². The van der Waals surface area contributed by atoms with Crippen LogP contribution in [0.15, 0.2) is 35.2 Å². The highest BCUT2D eigenvalue weighted by atomic mass is 16.3. The fraction of sp³-hybridized carbons (Fsp3) is 0.400. The van der Waals surface area contributed by atoms with Crippen molar-refractivity contribution < 1.29 is 9.21 Å². The molecule has 6 heteroatoms. The summed E-state index contributed by atoms with van der Waals surface area (Å²) < 4.78 is 5.36. The van der Waals surface area contributed by atoms with Crippen LogP contribution in [-0.2, 0) is 0 Å². The lowest BCUT2D eigenvalue weighted by Crippen LogP contribution is -2.46. The van der Waals surface area contributed by atoms with Gasteiger partial charge in [0.15, 0.2) is 5.69 Å². The largest absolute Gasteiger partial charge is 0.444 e. The number of nitrogens with one attached hydrogen (secondary N) is 2. The standard InChI is InChI=1S/C15H18N4O2/c1-10-7-12(4-6-17-10)18-14(20)13-9-21-15(19-13)11-3-2-5-16-8-11/h2-3,5,8-10,12,17H,4,6-7H2,1H3,(H,18,20). The van der Waals surface area contributed by atoms with E-state index in [1.54, 1.807) is 18.5 Å². The highest BCUT2D eigenvalue weighted by Crippen LogP contribution is 2.17. The van der Waals surface area contributed by atoms with E-state index in [0.29, 0.717) is 17.6 Å². The normalized spacial score (nSPS) is 22.0. The molecule has 1 fully saturated rings. The number of pyridine rings is 1. The first kappa shape index (κ1) is 13.8. The fourth-order valence-corrected chi connectivity index (χ4v) is 2.52. The van der Waals surface area contributed by atoms with Crippen molar-refractivity contribution in [3.05, 3.63) is 36.5 Å². The molecule has 1 aliphatic rings. The van der Waals surface area contributed by atoms with Gasteiger partial charge in [-0.15, -0.1) is 0 Å². The fourth-order valence-electron chi connectivity index (χ4n) is 2.52. The molecule has 0 saturated carbocycles. The van der Waals surface area contributed by atoms with Crippen LogP contribution in [0, 0.1) is 0 Å². The van der Waals surface area contributed by atoms with Crippen molar-refractivity contribution in [1.29, 1.82) is 0 Å². The summed E-state index contributed by atoms with van der Waals surface area (Å²) in [5, 5.41) is 6.37. The van der Waals surface area contributed by atoms with E-state index in [1.165, 1.54) is 6.26 Å². The summed E-state index contributed by atoms with van der Waals surface area (Å²) >= 11 is 0. The zero-order valence-corrected chi connectivity index (χ0v) is 11.9. The third-order valence-corrected chi connectivity index (χ3v) is 3.60. The van der Waals surface area contributed by atoms with Gasteiger partial charge in [-0.1, -0.05) is 0 Å². The quantitative estimate of drug-likeness (QED) is 0.896. The molecule has 3 heterocycles. The van der Waals surface area contributed by atoms with E-state index in [-0.39, 0.29) is 11.9 Å². The first-order valence-corrected chi connectivity index (χ1v) is 7.12. The molecule has 0 radical (unpaired) electrons. The van der Waals surface area contributed by atoms with Crippen LogP contribution in [0.25, 0.3) is 11.5 Å². The van der Waals surface area contributed by atoms with E-state index in [0.717, 1.165) is 24.9 Å². The Morgan fingerprint density at radius 2 is 2.43 bits per heavy atom. The number of carbonyl (C=O) groups is 1. The van der Waals surface area contributed by atoms with Gasteiger partial charge >= 0.3 is 0 Å². The number of hydrogen-bond acceptors (Lipinski definition) is 5. The third kappa shape index (κ3) is 3.28. The Morgan fingerprint density at radius 3 is 3.19 bits per heavy atom. The Kier molecular flexibility index (Phi) is 3.96. The molecule has 110 valence electrons. The van der Waals surface area contributed by atoms with Crippen LogP contribution in [0.5, 0.6) is 0 Å². The van der Waals surface area contributed by atoms with Gasteiger partial charge in [0.2, 0.25) is 5.89 Å². The van der Waals surface area contributed by atoms with E-state index in [4.69, 9.17) is 4.42 Å². The highest BCUT2D eigenvalue weighted by molar-refractivity contribution is 5.92. The van der Waals surface area contributed by atoms with Gasteiger partial charge in [0.05, 0.1) is 5.56 Å². The Morgan fingerprint density at radius 1 is 1.52 bits per heavy atom. The Hall–Kier alpha value is -2.21. The number of rotatable bonds is 3. The summed E-state index contributed by atoms with van der Waals surface area (Å²) in [6.07, 6.45) is 6.59. The average Bonchev–Trinajstić information content (AvgIpc) is 2.98. The Bertz CT molecular complexity index is 611. The predicted octanol–water partition coefficient (Wildman–Crippen LogP) is 1.61. The van der Waals surface area contributed by atoms with Crippen molar-refractivity contribution in [1.82, 2.24) is 20.6 Å².